The molecule has 1 amide bonds. The molecular weight excluding hydrogens is 274 g/mol. The van der Waals surface area contributed by atoms with Crippen LogP contribution in [0.4, 0.5) is 0 Å². The summed E-state index contributed by atoms with van der Waals surface area (Å²) in [5.74, 6) is -0.00634. The second-order valence-electron chi connectivity index (χ2n) is 7.91. The number of rotatable bonds is 4. The molecule has 0 aromatic heterocycles. The highest BCUT2D eigenvalue weighted by Gasteiger charge is 2.23. The van der Waals surface area contributed by atoms with Crippen molar-refractivity contribution in [3.63, 3.8) is 0 Å². The van der Waals surface area contributed by atoms with E-state index in [1.165, 1.54) is 11.1 Å². The molecule has 0 radical (unpaired) electrons. The van der Waals surface area contributed by atoms with Crippen LogP contribution in [0.2, 0.25) is 0 Å². The van der Waals surface area contributed by atoms with Gasteiger partial charge in [0.2, 0.25) is 0 Å². The van der Waals surface area contributed by atoms with Crippen molar-refractivity contribution in [3.8, 4) is 0 Å². The molecule has 3 nitrogen and oxygen atoms in total. The van der Waals surface area contributed by atoms with Gasteiger partial charge in [0.1, 0.15) is 0 Å². The van der Waals surface area contributed by atoms with Crippen LogP contribution in [0, 0.1) is 0 Å². The van der Waals surface area contributed by atoms with Crippen molar-refractivity contribution in [2.45, 2.75) is 59.3 Å². The molecule has 0 saturated heterocycles. The zero-order valence-electron chi connectivity index (χ0n) is 15.2. The Morgan fingerprint density at radius 3 is 1.77 bits per heavy atom. The Labute approximate surface area is 135 Å². The van der Waals surface area contributed by atoms with Gasteiger partial charge in [-0.05, 0) is 41.0 Å². The van der Waals surface area contributed by atoms with Crippen molar-refractivity contribution in [2.75, 3.05) is 19.7 Å². The molecule has 1 aromatic rings. The van der Waals surface area contributed by atoms with Gasteiger partial charge in [0.05, 0.1) is 6.61 Å². The summed E-state index contributed by atoms with van der Waals surface area (Å²) in [6.07, 6.45) is 0. The summed E-state index contributed by atoms with van der Waals surface area (Å²) in [7, 11) is 0. The number of amides is 1. The first kappa shape index (κ1) is 18.7. The zero-order valence-corrected chi connectivity index (χ0v) is 15.2. The molecule has 1 N–H and O–H groups in total. The standard InChI is InChI=1S/C19H31NO2/c1-8-20(9-10-21)17(22)14-11-15(18(2,3)4)13-16(12-14)19(5,6)7/h11-13,21H,8-10H2,1-7H3. The van der Waals surface area contributed by atoms with Crippen LogP contribution in [0.15, 0.2) is 18.2 Å². The topological polar surface area (TPSA) is 40.5 Å². The van der Waals surface area contributed by atoms with Gasteiger partial charge in [-0.2, -0.15) is 0 Å². The molecule has 0 atom stereocenters. The summed E-state index contributed by atoms with van der Waals surface area (Å²) in [5.41, 5.74) is 3.04. The smallest absolute Gasteiger partial charge is 0.253 e. The lowest BCUT2D eigenvalue weighted by atomic mass is 9.79. The average Bonchev–Trinajstić information content (AvgIpc) is 2.41. The normalized spacial score (nSPS) is 12.4. The van der Waals surface area contributed by atoms with Crippen molar-refractivity contribution in [2.24, 2.45) is 0 Å². The average molecular weight is 305 g/mol. The van der Waals surface area contributed by atoms with E-state index in [2.05, 4.69) is 47.6 Å². The molecule has 0 bridgehead atoms. The first-order chi connectivity index (χ1) is 10.0. The van der Waals surface area contributed by atoms with Crippen molar-refractivity contribution in [1.29, 1.82) is 0 Å². The summed E-state index contributed by atoms with van der Waals surface area (Å²) in [4.78, 5) is 14.4. The van der Waals surface area contributed by atoms with E-state index < -0.39 is 0 Å². The van der Waals surface area contributed by atoms with E-state index in [1.54, 1.807) is 4.90 Å². The summed E-state index contributed by atoms with van der Waals surface area (Å²) >= 11 is 0. The van der Waals surface area contributed by atoms with Gasteiger partial charge >= 0.3 is 0 Å². The van der Waals surface area contributed by atoms with E-state index in [0.717, 1.165) is 0 Å². The molecule has 3 heteroatoms. The van der Waals surface area contributed by atoms with Gasteiger partial charge in [0.25, 0.3) is 5.91 Å². The Bertz CT molecular complexity index is 489. The molecule has 0 unspecified atom stereocenters. The van der Waals surface area contributed by atoms with Gasteiger partial charge in [-0.15, -0.1) is 0 Å². The predicted molar refractivity (Wildman–Crippen MR) is 92.5 cm³/mol. The van der Waals surface area contributed by atoms with E-state index in [4.69, 9.17) is 5.11 Å². The fourth-order valence-corrected chi connectivity index (χ4v) is 2.32. The maximum atomic E-state index is 12.7. The van der Waals surface area contributed by atoms with Crippen LogP contribution in [-0.2, 0) is 10.8 Å². The van der Waals surface area contributed by atoms with Gasteiger partial charge in [0, 0.05) is 18.7 Å². The van der Waals surface area contributed by atoms with Crippen molar-refractivity contribution in [1.82, 2.24) is 4.90 Å². The van der Waals surface area contributed by atoms with Gasteiger partial charge in [-0.25, -0.2) is 0 Å². The highest BCUT2D eigenvalue weighted by molar-refractivity contribution is 5.94. The lowest BCUT2D eigenvalue weighted by molar-refractivity contribution is 0.0731. The number of hydrogen-bond acceptors (Lipinski definition) is 2. The maximum absolute atomic E-state index is 12.7. The monoisotopic (exact) mass is 305 g/mol. The van der Waals surface area contributed by atoms with Gasteiger partial charge in [-0.3, -0.25) is 4.79 Å². The third-order valence-electron chi connectivity index (χ3n) is 3.95. The summed E-state index contributed by atoms with van der Waals surface area (Å²) in [5, 5.41) is 9.14. The fraction of sp³-hybridized carbons (Fsp3) is 0.632. The summed E-state index contributed by atoms with van der Waals surface area (Å²) in [6, 6.07) is 6.20. The Balaban J connectivity index is 3.38. The van der Waals surface area contributed by atoms with Gasteiger partial charge < -0.3 is 10.0 Å². The molecule has 124 valence electrons. The third kappa shape index (κ3) is 4.57. The summed E-state index contributed by atoms with van der Waals surface area (Å²) < 4.78 is 0. The van der Waals surface area contributed by atoms with Crippen LogP contribution in [0.1, 0.15) is 70.0 Å². The second-order valence-corrected chi connectivity index (χ2v) is 7.91. The maximum Gasteiger partial charge on any atom is 0.253 e. The second kappa shape index (κ2) is 6.82. The van der Waals surface area contributed by atoms with Crippen molar-refractivity contribution < 1.29 is 9.90 Å². The number of carbonyl (C=O) groups excluding carboxylic acids is 1. The number of aliphatic hydroxyl groups excluding tert-OH is 1. The van der Waals surface area contributed by atoms with E-state index >= 15 is 0 Å². The Morgan fingerprint density at radius 2 is 1.45 bits per heavy atom. The highest BCUT2D eigenvalue weighted by atomic mass is 16.3. The van der Waals surface area contributed by atoms with Crippen LogP contribution < -0.4 is 0 Å². The lowest BCUT2D eigenvalue weighted by Gasteiger charge is -2.27. The van der Waals surface area contributed by atoms with Crippen LogP contribution in [-0.4, -0.2) is 35.6 Å². The fourth-order valence-electron chi connectivity index (χ4n) is 2.32. The highest BCUT2D eigenvalue weighted by Crippen LogP contribution is 2.30. The molecular formula is C19H31NO2. The third-order valence-corrected chi connectivity index (χ3v) is 3.95. The van der Waals surface area contributed by atoms with Gasteiger partial charge in [-0.1, -0.05) is 47.6 Å². The molecule has 0 aliphatic carbocycles. The first-order valence-corrected chi connectivity index (χ1v) is 8.07. The minimum atomic E-state index is -0.00961. The van der Waals surface area contributed by atoms with E-state index in [-0.39, 0.29) is 23.3 Å². The van der Waals surface area contributed by atoms with Crippen LogP contribution in [0.5, 0.6) is 0 Å². The SMILES string of the molecule is CCN(CCO)C(=O)c1cc(C(C)(C)C)cc(C(C)(C)C)c1. The number of carbonyl (C=O) groups is 1. The first-order valence-electron chi connectivity index (χ1n) is 8.07. The molecule has 22 heavy (non-hydrogen) atoms. The number of hydrogen-bond donors (Lipinski definition) is 1. The molecule has 0 aliphatic rings. The number of likely N-dealkylation sites (N-methyl/N-ethyl adjacent to an activating group) is 1. The largest absolute Gasteiger partial charge is 0.395 e. The van der Waals surface area contributed by atoms with E-state index in [9.17, 15) is 4.79 Å². The number of benzene rings is 1. The number of aliphatic hydroxyl groups is 1. The van der Waals surface area contributed by atoms with Crippen LogP contribution >= 0.6 is 0 Å². The number of nitrogens with zero attached hydrogens (tertiary/aromatic N) is 1. The molecule has 0 fully saturated rings. The minimum Gasteiger partial charge on any atom is -0.395 e. The Morgan fingerprint density at radius 1 is 1.00 bits per heavy atom. The molecule has 0 spiro atoms. The molecule has 1 rings (SSSR count). The van der Waals surface area contributed by atoms with E-state index in [1.807, 2.05) is 19.1 Å². The Hall–Kier alpha value is -1.35. The zero-order chi connectivity index (χ0) is 17.1. The predicted octanol–water partition coefficient (Wildman–Crippen LogP) is 3.74. The minimum absolute atomic E-state index is 0.00634. The summed E-state index contributed by atoms with van der Waals surface area (Å²) in [6.45, 7) is 15.9. The van der Waals surface area contributed by atoms with Crippen molar-refractivity contribution >= 4 is 5.91 Å². The lowest BCUT2D eigenvalue weighted by Crippen LogP contribution is -2.33. The molecule has 1 aromatic carbocycles. The molecule has 0 heterocycles. The van der Waals surface area contributed by atoms with Crippen LogP contribution in [0.25, 0.3) is 0 Å². The van der Waals surface area contributed by atoms with E-state index in [0.29, 0.717) is 18.7 Å². The van der Waals surface area contributed by atoms with Crippen LogP contribution in [0.3, 0.4) is 0 Å². The van der Waals surface area contributed by atoms with Crippen molar-refractivity contribution in [3.05, 3.63) is 34.9 Å². The Kier molecular flexibility index (Phi) is 5.80. The van der Waals surface area contributed by atoms with Gasteiger partial charge in [0.15, 0.2) is 0 Å². The molecule has 0 aliphatic heterocycles. The molecule has 0 saturated carbocycles. The quantitative estimate of drug-likeness (QED) is 0.920.